The van der Waals surface area contributed by atoms with Crippen LogP contribution in [0, 0.1) is 6.92 Å². The Morgan fingerprint density at radius 1 is 1.11 bits per heavy atom. The van der Waals surface area contributed by atoms with Crippen molar-refractivity contribution in [1.29, 1.82) is 0 Å². The van der Waals surface area contributed by atoms with Crippen LogP contribution in [0.1, 0.15) is 17.5 Å². The summed E-state index contributed by atoms with van der Waals surface area (Å²) in [4.78, 5) is 4.58. The summed E-state index contributed by atoms with van der Waals surface area (Å²) in [5.41, 5.74) is 5.14. The minimum Gasteiger partial charge on any atom is -0.242 e. The lowest BCUT2D eigenvalue weighted by Crippen LogP contribution is -1.87. The molecule has 0 saturated heterocycles. The van der Waals surface area contributed by atoms with Gasteiger partial charge in [0.2, 0.25) is 0 Å². The molecule has 0 aliphatic heterocycles. The predicted molar refractivity (Wildman–Crippen MR) is 79.2 cm³/mol. The van der Waals surface area contributed by atoms with Crippen LogP contribution < -0.4 is 0 Å². The Balaban J connectivity index is 2.27. The summed E-state index contributed by atoms with van der Waals surface area (Å²) in [6.07, 6.45) is 1.04. The van der Waals surface area contributed by atoms with Gasteiger partial charge in [0.1, 0.15) is 0 Å². The molecule has 0 bridgehead atoms. The minimum absolute atomic E-state index is 1.04. The molecule has 0 amide bonds. The van der Waals surface area contributed by atoms with E-state index in [2.05, 4.69) is 61.3 Å². The van der Waals surface area contributed by atoms with Gasteiger partial charge in [-0.15, -0.1) is 11.3 Å². The van der Waals surface area contributed by atoms with E-state index >= 15 is 0 Å². The summed E-state index contributed by atoms with van der Waals surface area (Å²) in [7, 11) is 0. The molecule has 2 aromatic carbocycles. The second-order valence-electron chi connectivity index (χ2n) is 4.43. The van der Waals surface area contributed by atoms with Crippen molar-refractivity contribution < 1.29 is 0 Å². The van der Waals surface area contributed by atoms with Crippen molar-refractivity contribution in [3.8, 4) is 11.1 Å². The monoisotopic (exact) mass is 253 g/mol. The van der Waals surface area contributed by atoms with Gasteiger partial charge < -0.3 is 0 Å². The van der Waals surface area contributed by atoms with Gasteiger partial charge in [0, 0.05) is 0 Å². The van der Waals surface area contributed by atoms with Crippen LogP contribution in [0.25, 0.3) is 21.3 Å². The third kappa shape index (κ3) is 1.93. The molecule has 1 nitrogen and oxygen atoms in total. The number of hydrogen-bond acceptors (Lipinski definition) is 2. The van der Waals surface area contributed by atoms with Gasteiger partial charge in [-0.25, -0.2) is 4.98 Å². The zero-order valence-corrected chi connectivity index (χ0v) is 11.4. The number of fused-ring (bicyclic) bond motifs is 1. The molecule has 90 valence electrons. The average molecular weight is 253 g/mol. The molecule has 3 rings (SSSR count). The molecule has 3 aromatic rings. The standard InChI is InChI=1S/C16H15NS/c1-3-12-9-15-16(18-11(2)17-15)10-14(12)13-7-5-4-6-8-13/h4-10H,3H2,1-2H3. The summed E-state index contributed by atoms with van der Waals surface area (Å²) in [6, 6.07) is 15.1. The fourth-order valence-corrected chi connectivity index (χ4v) is 3.16. The highest BCUT2D eigenvalue weighted by Crippen LogP contribution is 2.31. The largest absolute Gasteiger partial charge is 0.242 e. The van der Waals surface area contributed by atoms with E-state index in [4.69, 9.17) is 0 Å². The van der Waals surface area contributed by atoms with Gasteiger partial charge in [0.15, 0.2) is 0 Å². The van der Waals surface area contributed by atoms with Crippen molar-refractivity contribution in [2.75, 3.05) is 0 Å². The van der Waals surface area contributed by atoms with Gasteiger partial charge in [-0.3, -0.25) is 0 Å². The molecule has 1 aromatic heterocycles. The smallest absolute Gasteiger partial charge is 0.0907 e. The second kappa shape index (κ2) is 4.54. The second-order valence-corrected chi connectivity index (χ2v) is 5.66. The Hall–Kier alpha value is -1.67. The number of rotatable bonds is 2. The number of nitrogens with zero attached hydrogens (tertiary/aromatic N) is 1. The number of aryl methyl sites for hydroxylation is 2. The Morgan fingerprint density at radius 2 is 1.89 bits per heavy atom. The Morgan fingerprint density at radius 3 is 2.61 bits per heavy atom. The molecule has 0 spiro atoms. The molecule has 18 heavy (non-hydrogen) atoms. The SMILES string of the molecule is CCc1cc2nc(C)sc2cc1-c1ccccc1. The van der Waals surface area contributed by atoms with Gasteiger partial charge in [-0.2, -0.15) is 0 Å². The first-order valence-corrected chi connectivity index (χ1v) is 7.05. The van der Waals surface area contributed by atoms with Crippen molar-refractivity contribution in [1.82, 2.24) is 4.98 Å². The topological polar surface area (TPSA) is 12.9 Å². The van der Waals surface area contributed by atoms with Crippen LogP contribution in [0.15, 0.2) is 42.5 Å². The number of thiazole rings is 1. The predicted octanol–water partition coefficient (Wildman–Crippen LogP) is 4.83. The summed E-state index contributed by atoms with van der Waals surface area (Å²) in [6.45, 7) is 4.27. The van der Waals surface area contributed by atoms with Crippen molar-refractivity contribution in [2.24, 2.45) is 0 Å². The van der Waals surface area contributed by atoms with Gasteiger partial charge in [0.05, 0.1) is 15.2 Å². The summed E-state index contributed by atoms with van der Waals surface area (Å²) in [5, 5.41) is 1.14. The van der Waals surface area contributed by atoms with E-state index in [-0.39, 0.29) is 0 Å². The van der Waals surface area contributed by atoms with Gasteiger partial charge in [-0.1, -0.05) is 37.3 Å². The van der Waals surface area contributed by atoms with Crippen LogP contribution >= 0.6 is 11.3 Å². The van der Waals surface area contributed by atoms with E-state index in [1.807, 2.05) is 0 Å². The quantitative estimate of drug-likeness (QED) is 0.637. The lowest BCUT2D eigenvalue weighted by molar-refractivity contribution is 1.15. The first-order valence-electron chi connectivity index (χ1n) is 6.23. The summed E-state index contributed by atoms with van der Waals surface area (Å²) < 4.78 is 1.28. The maximum Gasteiger partial charge on any atom is 0.0907 e. The maximum atomic E-state index is 4.58. The van der Waals surface area contributed by atoms with Gasteiger partial charge in [0.25, 0.3) is 0 Å². The minimum atomic E-state index is 1.04. The molecule has 0 radical (unpaired) electrons. The lowest BCUT2D eigenvalue weighted by Gasteiger charge is -2.08. The zero-order chi connectivity index (χ0) is 12.5. The van der Waals surface area contributed by atoms with E-state index in [0.717, 1.165) is 16.9 Å². The van der Waals surface area contributed by atoms with Crippen LogP contribution in [0.3, 0.4) is 0 Å². The van der Waals surface area contributed by atoms with E-state index < -0.39 is 0 Å². The van der Waals surface area contributed by atoms with Crippen LogP contribution in [0.5, 0.6) is 0 Å². The van der Waals surface area contributed by atoms with Crippen molar-refractivity contribution in [2.45, 2.75) is 20.3 Å². The highest BCUT2D eigenvalue weighted by Gasteiger charge is 2.08. The third-order valence-electron chi connectivity index (χ3n) is 3.19. The fourth-order valence-electron chi connectivity index (χ4n) is 2.31. The molecule has 0 fully saturated rings. The summed E-state index contributed by atoms with van der Waals surface area (Å²) in [5.74, 6) is 0. The van der Waals surface area contributed by atoms with Crippen molar-refractivity contribution in [3.63, 3.8) is 0 Å². The van der Waals surface area contributed by atoms with Crippen molar-refractivity contribution in [3.05, 3.63) is 53.0 Å². The normalized spacial score (nSPS) is 11.0. The van der Waals surface area contributed by atoms with E-state index in [0.29, 0.717) is 0 Å². The average Bonchev–Trinajstić information content (AvgIpc) is 2.77. The van der Waals surface area contributed by atoms with E-state index in [9.17, 15) is 0 Å². The van der Waals surface area contributed by atoms with Gasteiger partial charge in [-0.05, 0) is 42.2 Å². The highest BCUT2D eigenvalue weighted by molar-refractivity contribution is 7.18. The Kier molecular flexibility index (Phi) is 2.88. The molecule has 1 heterocycles. The number of hydrogen-bond donors (Lipinski definition) is 0. The van der Waals surface area contributed by atoms with E-state index in [1.54, 1.807) is 11.3 Å². The van der Waals surface area contributed by atoms with Gasteiger partial charge >= 0.3 is 0 Å². The van der Waals surface area contributed by atoms with E-state index in [1.165, 1.54) is 21.4 Å². The Labute approximate surface area is 111 Å². The molecule has 0 saturated carbocycles. The zero-order valence-electron chi connectivity index (χ0n) is 10.6. The first kappa shape index (κ1) is 11.4. The van der Waals surface area contributed by atoms with Crippen LogP contribution in [0.2, 0.25) is 0 Å². The molecule has 0 unspecified atom stereocenters. The molecule has 0 atom stereocenters. The summed E-state index contributed by atoms with van der Waals surface area (Å²) >= 11 is 1.77. The Bertz CT molecular complexity index is 683. The first-order chi connectivity index (χ1) is 8.78. The number of benzene rings is 2. The molecule has 0 aliphatic carbocycles. The third-order valence-corrected chi connectivity index (χ3v) is 4.12. The fraction of sp³-hybridized carbons (Fsp3) is 0.188. The molecule has 0 N–H and O–H groups in total. The molecular weight excluding hydrogens is 238 g/mol. The highest BCUT2D eigenvalue weighted by atomic mass is 32.1. The maximum absolute atomic E-state index is 4.58. The molecule has 0 aliphatic rings. The molecular formula is C16H15NS. The molecule has 2 heteroatoms. The lowest BCUT2D eigenvalue weighted by atomic mass is 9.98. The van der Waals surface area contributed by atoms with Crippen LogP contribution in [-0.4, -0.2) is 4.98 Å². The van der Waals surface area contributed by atoms with Crippen LogP contribution in [0.4, 0.5) is 0 Å². The van der Waals surface area contributed by atoms with Crippen LogP contribution in [-0.2, 0) is 6.42 Å². The van der Waals surface area contributed by atoms with Crippen molar-refractivity contribution >= 4 is 21.6 Å². The number of aromatic nitrogens is 1.